The van der Waals surface area contributed by atoms with Gasteiger partial charge in [-0.05, 0) is 12.1 Å². The highest BCUT2D eigenvalue weighted by atomic mass is 16.6. The van der Waals surface area contributed by atoms with Gasteiger partial charge in [-0.3, -0.25) is 0 Å². The number of rotatable bonds is 8. The van der Waals surface area contributed by atoms with Crippen LogP contribution in [0.25, 0.3) is 0 Å². The molecule has 5 heteroatoms. The van der Waals surface area contributed by atoms with Crippen LogP contribution in [0.15, 0.2) is 16.5 Å². The van der Waals surface area contributed by atoms with Gasteiger partial charge in [0.1, 0.15) is 36.9 Å². The Morgan fingerprint density at radius 3 is 1.82 bits per heavy atom. The zero-order chi connectivity index (χ0) is 11.5. The van der Waals surface area contributed by atoms with Crippen molar-refractivity contribution in [3.05, 3.63) is 23.7 Å². The van der Waals surface area contributed by atoms with Crippen LogP contribution < -0.4 is 0 Å². The van der Waals surface area contributed by atoms with Crippen molar-refractivity contribution in [2.75, 3.05) is 26.4 Å². The largest absolute Gasteiger partial charge is 0.461 e. The summed E-state index contributed by atoms with van der Waals surface area (Å²) in [4.78, 5) is 0. The van der Waals surface area contributed by atoms with E-state index in [1.54, 1.807) is 0 Å². The monoisotopic (exact) mass is 240 g/mol. The van der Waals surface area contributed by atoms with Gasteiger partial charge in [0.25, 0.3) is 0 Å². The number of hydrogen-bond donors (Lipinski definition) is 0. The van der Waals surface area contributed by atoms with Crippen molar-refractivity contribution in [2.24, 2.45) is 0 Å². The van der Waals surface area contributed by atoms with Gasteiger partial charge in [0.2, 0.25) is 0 Å². The van der Waals surface area contributed by atoms with Crippen LogP contribution in [0.5, 0.6) is 0 Å². The molecule has 1 aromatic heterocycles. The molecular formula is C12H16O5. The Morgan fingerprint density at radius 1 is 0.941 bits per heavy atom. The SMILES string of the molecule is c1cc(COC[C@H]2CO2)oc1COC[C@@H]1CO1. The lowest BCUT2D eigenvalue weighted by atomic mass is 10.4. The highest BCUT2D eigenvalue weighted by Gasteiger charge is 2.23. The summed E-state index contributed by atoms with van der Waals surface area (Å²) < 4.78 is 26.5. The molecule has 1 aromatic rings. The third kappa shape index (κ3) is 3.81. The van der Waals surface area contributed by atoms with Gasteiger partial charge in [-0.1, -0.05) is 0 Å². The highest BCUT2D eigenvalue weighted by Crippen LogP contribution is 2.14. The van der Waals surface area contributed by atoms with Gasteiger partial charge < -0.3 is 23.4 Å². The number of furan rings is 1. The minimum atomic E-state index is 0.298. The molecule has 0 aliphatic carbocycles. The van der Waals surface area contributed by atoms with Crippen molar-refractivity contribution in [1.29, 1.82) is 0 Å². The number of hydrogen-bond acceptors (Lipinski definition) is 5. The maximum absolute atomic E-state index is 5.56. The Labute approximate surface area is 99.6 Å². The second-order valence-electron chi connectivity index (χ2n) is 4.31. The van der Waals surface area contributed by atoms with Crippen LogP contribution in [-0.2, 0) is 32.2 Å². The molecule has 17 heavy (non-hydrogen) atoms. The van der Waals surface area contributed by atoms with Crippen molar-refractivity contribution in [3.8, 4) is 0 Å². The predicted molar refractivity (Wildman–Crippen MR) is 57.5 cm³/mol. The summed E-state index contributed by atoms with van der Waals surface area (Å²) in [5, 5.41) is 0. The fourth-order valence-electron chi connectivity index (χ4n) is 1.49. The summed E-state index contributed by atoms with van der Waals surface area (Å²) in [6, 6.07) is 3.83. The molecule has 94 valence electrons. The summed E-state index contributed by atoms with van der Waals surface area (Å²) in [6.07, 6.45) is 0.595. The first kappa shape index (κ1) is 11.2. The van der Waals surface area contributed by atoms with Gasteiger partial charge in [0.05, 0.1) is 26.4 Å². The molecule has 2 atom stereocenters. The summed E-state index contributed by atoms with van der Waals surface area (Å²) in [7, 11) is 0. The fraction of sp³-hybridized carbons (Fsp3) is 0.667. The van der Waals surface area contributed by atoms with Gasteiger partial charge >= 0.3 is 0 Å². The topological polar surface area (TPSA) is 56.7 Å². The van der Waals surface area contributed by atoms with Crippen molar-refractivity contribution < 1.29 is 23.4 Å². The normalized spacial score (nSPS) is 26.1. The van der Waals surface area contributed by atoms with Gasteiger partial charge in [-0.25, -0.2) is 0 Å². The van der Waals surface area contributed by atoms with Crippen LogP contribution in [-0.4, -0.2) is 38.6 Å². The lowest BCUT2D eigenvalue weighted by Crippen LogP contribution is -2.01. The third-order valence-corrected chi connectivity index (χ3v) is 2.62. The van der Waals surface area contributed by atoms with E-state index in [1.807, 2.05) is 12.1 Å². The first-order valence-electron chi connectivity index (χ1n) is 5.86. The van der Waals surface area contributed by atoms with E-state index in [4.69, 9.17) is 23.4 Å². The smallest absolute Gasteiger partial charge is 0.129 e. The second kappa shape index (κ2) is 5.18. The van der Waals surface area contributed by atoms with Crippen LogP contribution in [0.3, 0.4) is 0 Å². The van der Waals surface area contributed by atoms with E-state index in [9.17, 15) is 0 Å². The molecule has 3 heterocycles. The van der Waals surface area contributed by atoms with Crippen molar-refractivity contribution in [3.63, 3.8) is 0 Å². The fourth-order valence-corrected chi connectivity index (χ4v) is 1.49. The summed E-state index contributed by atoms with van der Waals surface area (Å²) >= 11 is 0. The molecule has 3 rings (SSSR count). The lowest BCUT2D eigenvalue weighted by Gasteiger charge is -2.00. The summed E-state index contributed by atoms with van der Waals surface area (Å²) in [5.41, 5.74) is 0. The van der Waals surface area contributed by atoms with Gasteiger partial charge in [-0.15, -0.1) is 0 Å². The molecule has 0 radical (unpaired) electrons. The molecule has 0 N–H and O–H groups in total. The highest BCUT2D eigenvalue weighted by molar-refractivity contribution is 5.05. The van der Waals surface area contributed by atoms with Crippen LogP contribution >= 0.6 is 0 Å². The van der Waals surface area contributed by atoms with E-state index in [0.717, 1.165) is 24.7 Å². The summed E-state index contributed by atoms with van der Waals surface area (Å²) in [6.45, 7) is 3.91. The molecule has 2 aliphatic rings. The first-order valence-corrected chi connectivity index (χ1v) is 5.86. The van der Waals surface area contributed by atoms with Crippen molar-refractivity contribution in [1.82, 2.24) is 0 Å². The Kier molecular flexibility index (Phi) is 3.42. The van der Waals surface area contributed by atoms with Crippen molar-refractivity contribution in [2.45, 2.75) is 25.4 Å². The van der Waals surface area contributed by atoms with Crippen LogP contribution in [0.1, 0.15) is 11.5 Å². The molecule has 0 bridgehead atoms. The molecule has 0 amide bonds. The molecule has 0 aromatic carbocycles. The van der Waals surface area contributed by atoms with E-state index in [1.165, 1.54) is 0 Å². The first-order chi connectivity index (χ1) is 8.40. The zero-order valence-electron chi connectivity index (χ0n) is 9.59. The lowest BCUT2D eigenvalue weighted by molar-refractivity contribution is 0.0767. The predicted octanol–water partition coefficient (Wildman–Crippen LogP) is 1.11. The number of epoxide rings is 2. The molecule has 2 aliphatic heterocycles. The molecule has 5 nitrogen and oxygen atoms in total. The average molecular weight is 240 g/mol. The number of ether oxygens (including phenoxy) is 4. The van der Waals surface area contributed by atoms with Gasteiger partial charge in [-0.2, -0.15) is 0 Å². The van der Waals surface area contributed by atoms with Crippen LogP contribution in [0.2, 0.25) is 0 Å². The van der Waals surface area contributed by atoms with Crippen LogP contribution in [0.4, 0.5) is 0 Å². The Bertz CT molecular complexity index is 321. The molecule has 2 fully saturated rings. The van der Waals surface area contributed by atoms with E-state index in [-0.39, 0.29) is 0 Å². The molecule has 0 spiro atoms. The zero-order valence-corrected chi connectivity index (χ0v) is 9.59. The minimum Gasteiger partial charge on any atom is -0.461 e. The van der Waals surface area contributed by atoms with Gasteiger partial charge in [0.15, 0.2) is 0 Å². The maximum atomic E-state index is 5.56. The molecule has 0 saturated carbocycles. The Hall–Kier alpha value is -0.880. The second-order valence-corrected chi connectivity index (χ2v) is 4.31. The van der Waals surface area contributed by atoms with E-state index >= 15 is 0 Å². The summed E-state index contributed by atoms with van der Waals surface area (Å²) in [5.74, 6) is 1.65. The average Bonchev–Trinajstić information content (AvgIpc) is 3.22. The Balaban J connectivity index is 1.34. The van der Waals surface area contributed by atoms with E-state index in [2.05, 4.69) is 0 Å². The van der Waals surface area contributed by atoms with Crippen molar-refractivity contribution >= 4 is 0 Å². The molecular weight excluding hydrogens is 224 g/mol. The van der Waals surface area contributed by atoms with E-state index in [0.29, 0.717) is 38.6 Å². The molecule has 2 saturated heterocycles. The molecule has 0 unspecified atom stereocenters. The standard InChI is InChI=1S/C12H16O5/c1-2-10(4-14-6-12-8-16-12)17-9(1)3-13-5-11-7-15-11/h1-2,11-12H,3-8H2/t11-,12+. The van der Waals surface area contributed by atoms with Crippen LogP contribution in [0, 0.1) is 0 Å². The minimum absolute atomic E-state index is 0.298. The van der Waals surface area contributed by atoms with Gasteiger partial charge in [0, 0.05) is 0 Å². The quantitative estimate of drug-likeness (QED) is 0.637. The van der Waals surface area contributed by atoms with E-state index < -0.39 is 0 Å². The third-order valence-electron chi connectivity index (χ3n) is 2.62. The Morgan fingerprint density at radius 2 is 1.41 bits per heavy atom. The maximum Gasteiger partial charge on any atom is 0.129 e.